The van der Waals surface area contributed by atoms with Crippen LogP contribution in [0.15, 0.2) is 15.9 Å². The van der Waals surface area contributed by atoms with Crippen LogP contribution in [0, 0.1) is 0 Å². The topological polar surface area (TPSA) is 39.2 Å². The molecule has 0 aliphatic carbocycles. The molecule has 2 unspecified atom stereocenters. The van der Waals surface area contributed by atoms with Crippen molar-refractivity contribution in [3.8, 4) is 0 Å². The summed E-state index contributed by atoms with van der Waals surface area (Å²) in [5.74, 6) is 0.605. The Kier molecular flexibility index (Phi) is 3.08. The fraction of sp³-hybridized carbons (Fsp3) is 0.625. The minimum absolute atomic E-state index is 0.185. The van der Waals surface area contributed by atoms with Gasteiger partial charge < -0.3 is 4.74 Å². The van der Waals surface area contributed by atoms with Gasteiger partial charge in [0.25, 0.3) is 0 Å². The molecule has 1 aromatic heterocycles. The van der Waals surface area contributed by atoms with Crippen LogP contribution in [-0.2, 0) is 15.5 Å². The van der Waals surface area contributed by atoms with Gasteiger partial charge in [0.15, 0.2) is 4.34 Å². The summed E-state index contributed by atoms with van der Waals surface area (Å²) in [6, 6.07) is 0. The van der Waals surface area contributed by atoms with Crippen LogP contribution in [0.3, 0.4) is 0 Å². The van der Waals surface area contributed by atoms with Gasteiger partial charge in [-0.15, -0.1) is 11.3 Å². The zero-order valence-electron chi connectivity index (χ0n) is 7.14. The van der Waals surface area contributed by atoms with Crippen molar-refractivity contribution in [3.63, 3.8) is 0 Å². The van der Waals surface area contributed by atoms with Gasteiger partial charge in [0.1, 0.15) is 0 Å². The van der Waals surface area contributed by atoms with E-state index in [4.69, 9.17) is 4.74 Å². The standard InChI is InChI=1S/C8H11NO2S2/c10-13(8-9-3-5-12-8)6-7-2-1-4-11-7/h3,5,7H,1-2,4,6H2. The fourth-order valence-electron chi connectivity index (χ4n) is 1.34. The normalized spacial score (nSPS) is 24.8. The molecule has 2 atom stereocenters. The Labute approximate surface area is 83.6 Å². The van der Waals surface area contributed by atoms with Crippen LogP contribution in [0.5, 0.6) is 0 Å². The van der Waals surface area contributed by atoms with E-state index in [9.17, 15) is 4.21 Å². The molecule has 0 aromatic carbocycles. The SMILES string of the molecule is O=S(CC1CCCO1)c1nccs1. The zero-order chi connectivity index (χ0) is 9.10. The molecule has 2 rings (SSSR count). The summed E-state index contributed by atoms with van der Waals surface area (Å²) in [5.41, 5.74) is 0. The third kappa shape index (κ3) is 2.36. The second kappa shape index (κ2) is 4.30. The quantitative estimate of drug-likeness (QED) is 0.769. The molecule has 0 radical (unpaired) electrons. The van der Waals surface area contributed by atoms with Crippen molar-refractivity contribution in [1.29, 1.82) is 0 Å². The smallest absolute Gasteiger partial charge is 0.180 e. The molecule has 0 bridgehead atoms. The summed E-state index contributed by atoms with van der Waals surface area (Å²) in [6.45, 7) is 0.819. The number of ether oxygens (including phenoxy) is 1. The van der Waals surface area contributed by atoms with Crippen molar-refractivity contribution >= 4 is 22.1 Å². The lowest BCUT2D eigenvalue weighted by atomic mass is 10.3. The molecule has 72 valence electrons. The van der Waals surface area contributed by atoms with Crippen molar-refractivity contribution < 1.29 is 8.95 Å². The Balaban J connectivity index is 1.91. The van der Waals surface area contributed by atoms with E-state index in [0.717, 1.165) is 23.8 Å². The van der Waals surface area contributed by atoms with Crippen LogP contribution in [-0.4, -0.2) is 27.7 Å². The molecule has 2 heterocycles. The largest absolute Gasteiger partial charge is 0.377 e. The summed E-state index contributed by atoms with van der Waals surface area (Å²) in [5, 5.41) is 1.85. The Hall–Kier alpha value is -0.260. The molecule has 1 aliphatic heterocycles. The van der Waals surface area contributed by atoms with Gasteiger partial charge in [0.2, 0.25) is 0 Å². The summed E-state index contributed by atoms with van der Waals surface area (Å²) in [6.07, 6.45) is 4.01. The fourth-order valence-corrected chi connectivity index (χ4v) is 3.42. The molecular weight excluding hydrogens is 206 g/mol. The van der Waals surface area contributed by atoms with Gasteiger partial charge in [0.05, 0.1) is 22.7 Å². The van der Waals surface area contributed by atoms with E-state index in [0.29, 0.717) is 5.75 Å². The highest BCUT2D eigenvalue weighted by atomic mass is 32.2. The molecule has 1 aromatic rings. The summed E-state index contributed by atoms with van der Waals surface area (Å²) in [7, 11) is -0.960. The minimum atomic E-state index is -0.960. The number of hydrogen-bond donors (Lipinski definition) is 0. The van der Waals surface area contributed by atoms with Crippen LogP contribution in [0.1, 0.15) is 12.8 Å². The third-order valence-corrected chi connectivity index (χ3v) is 4.55. The highest BCUT2D eigenvalue weighted by molar-refractivity contribution is 7.87. The number of hydrogen-bond acceptors (Lipinski definition) is 4. The maximum absolute atomic E-state index is 11.6. The molecular formula is C8H11NO2S2. The second-order valence-corrected chi connectivity index (χ2v) is 5.51. The molecule has 1 fully saturated rings. The number of thiazole rings is 1. The van der Waals surface area contributed by atoms with Crippen LogP contribution in [0.25, 0.3) is 0 Å². The van der Waals surface area contributed by atoms with Crippen LogP contribution in [0.4, 0.5) is 0 Å². The molecule has 5 heteroatoms. The van der Waals surface area contributed by atoms with Crippen LogP contribution >= 0.6 is 11.3 Å². The predicted molar refractivity (Wildman–Crippen MR) is 52.4 cm³/mol. The molecule has 0 saturated carbocycles. The summed E-state index contributed by atoms with van der Waals surface area (Å²) < 4.78 is 17.8. The average molecular weight is 217 g/mol. The van der Waals surface area contributed by atoms with E-state index in [1.165, 1.54) is 11.3 Å². The highest BCUT2D eigenvalue weighted by Gasteiger charge is 2.19. The maximum atomic E-state index is 11.6. The lowest BCUT2D eigenvalue weighted by Gasteiger charge is -2.06. The van der Waals surface area contributed by atoms with Crippen molar-refractivity contribution in [3.05, 3.63) is 11.6 Å². The first kappa shape index (κ1) is 9.30. The number of aromatic nitrogens is 1. The molecule has 0 N–H and O–H groups in total. The maximum Gasteiger partial charge on any atom is 0.180 e. The first-order valence-electron chi connectivity index (χ1n) is 4.26. The second-order valence-electron chi connectivity index (χ2n) is 2.95. The molecule has 3 nitrogen and oxygen atoms in total. The molecule has 13 heavy (non-hydrogen) atoms. The van der Waals surface area contributed by atoms with Gasteiger partial charge in [-0.05, 0) is 12.8 Å². The lowest BCUT2D eigenvalue weighted by molar-refractivity contribution is 0.128. The van der Waals surface area contributed by atoms with Gasteiger partial charge in [-0.2, -0.15) is 0 Å². The van der Waals surface area contributed by atoms with Gasteiger partial charge in [0, 0.05) is 18.2 Å². The van der Waals surface area contributed by atoms with Crippen molar-refractivity contribution in [1.82, 2.24) is 4.98 Å². The first-order valence-corrected chi connectivity index (χ1v) is 6.45. The summed E-state index contributed by atoms with van der Waals surface area (Å²) >= 11 is 1.45. The summed E-state index contributed by atoms with van der Waals surface area (Å²) in [4.78, 5) is 4.02. The number of nitrogens with zero attached hydrogens (tertiary/aromatic N) is 1. The Morgan fingerprint density at radius 3 is 3.31 bits per heavy atom. The van der Waals surface area contributed by atoms with Gasteiger partial charge in [-0.25, -0.2) is 4.98 Å². The number of rotatable bonds is 3. The first-order chi connectivity index (χ1) is 6.36. The van der Waals surface area contributed by atoms with Crippen molar-refractivity contribution in [2.45, 2.75) is 23.3 Å². The van der Waals surface area contributed by atoms with E-state index >= 15 is 0 Å². The van der Waals surface area contributed by atoms with E-state index in [-0.39, 0.29) is 6.10 Å². The van der Waals surface area contributed by atoms with Crippen molar-refractivity contribution in [2.24, 2.45) is 0 Å². The Morgan fingerprint density at radius 1 is 1.77 bits per heavy atom. The molecule has 0 amide bonds. The Morgan fingerprint density at radius 2 is 2.69 bits per heavy atom. The third-order valence-electron chi connectivity index (χ3n) is 1.97. The minimum Gasteiger partial charge on any atom is -0.377 e. The Bertz CT molecular complexity index is 280. The lowest BCUT2D eigenvalue weighted by Crippen LogP contribution is -2.15. The predicted octanol–water partition coefficient (Wildman–Crippen LogP) is 1.43. The van der Waals surface area contributed by atoms with E-state index in [2.05, 4.69) is 4.98 Å². The average Bonchev–Trinajstić information content (AvgIpc) is 2.74. The molecule has 1 saturated heterocycles. The molecule has 0 spiro atoms. The van der Waals surface area contributed by atoms with Gasteiger partial charge in [-0.1, -0.05) is 0 Å². The molecule has 1 aliphatic rings. The van der Waals surface area contributed by atoms with E-state index in [1.54, 1.807) is 6.20 Å². The van der Waals surface area contributed by atoms with Crippen molar-refractivity contribution in [2.75, 3.05) is 12.4 Å². The monoisotopic (exact) mass is 217 g/mol. The van der Waals surface area contributed by atoms with Crippen LogP contribution < -0.4 is 0 Å². The van der Waals surface area contributed by atoms with Gasteiger partial charge >= 0.3 is 0 Å². The zero-order valence-corrected chi connectivity index (χ0v) is 8.77. The highest BCUT2D eigenvalue weighted by Crippen LogP contribution is 2.17. The van der Waals surface area contributed by atoms with E-state index < -0.39 is 10.8 Å². The van der Waals surface area contributed by atoms with Crippen LogP contribution in [0.2, 0.25) is 0 Å². The van der Waals surface area contributed by atoms with Gasteiger partial charge in [-0.3, -0.25) is 4.21 Å². The van der Waals surface area contributed by atoms with E-state index in [1.807, 2.05) is 5.38 Å².